The Morgan fingerprint density at radius 3 is 2.62 bits per heavy atom. The van der Waals surface area contributed by atoms with E-state index in [4.69, 9.17) is 0 Å². The van der Waals surface area contributed by atoms with Gasteiger partial charge in [-0.05, 0) is 0 Å². The summed E-state index contributed by atoms with van der Waals surface area (Å²) in [6.07, 6.45) is 2.36. The van der Waals surface area contributed by atoms with E-state index in [0.29, 0.717) is 6.42 Å². The Balaban J connectivity index is 0.00000144. The van der Waals surface area contributed by atoms with Gasteiger partial charge in [-0.15, -0.1) is 6.42 Å². The van der Waals surface area contributed by atoms with E-state index in [2.05, 4.69) is 6.07 Å². The fourth-order valence-electron chi connectivity index (χ4n) is 1.09. The molecule has 0 atom stereocenters. The molecule has 1 aromatic carbocycles. The van der Waals surface area contributed by atoms with E-state index in [1.54, 1.807) is 0 Å². The van der Waals surface area contributed by atoms with Crippen molar-refractivity contribution >= 4 is 6.29 Å². The largest absolute Gasteiger partial charge is 0.542 e. The van der Waals surface area contributed by atoms with Gasteiger partial charge in [0.2, 0.25) is 0 Å². The van der Waals surface area contributed by atoms with Crippen LogP contribution in [0, 0.1) is 6.07 Å². The fraction of sp³-hybridized carbons (Fsp3) is 0.364. The first-order valence-electron chi connectivity index (χ1n) is 3.99. The van der Waals surface area contributed by atoms with Crippen molar-refractivity contribution in [2.24, 2.45) is 0 Å². The molecule has 0 unspecified atom stereocenters. The molecule has 1 nitrogen and oxygen atoms in total. The van der Waals surface area contributed by atoms with Gasteiger partial charge in [0, 0.05) is 32.7 Å². The third-order valence-corrected chi connectivity index (χ3v) is 1.95. The van der Waals surface area contributed by atoms with Crippen LogP contribution in [0.4, 0.5) is 0 Å². The molecule has 0 fully saturated rings. The molecule has 0 aliphatic heterocycles. The summed E-state index contributed by atoms with van der Waals surface area (Å²) < 4.78 is 0. The minimum absolute atomic E-state index is 0. The topological polar surface area (TPSA) is 17.1 Å². The van der Waals surface area contributed by atoms with Gasteiger partial charge in [-0.1, -0.05) is 19.3 Å². The molecule has 0 aliphatic carbocycles. The molecule has 1 aromatic rings. The molecule has 0 saturated heterocycles. The van der Waals surface area contributed by atoms with E-state index < -0.39 is 0 Å². The zero-order valence-electron chi connectivity index (χ0n) is 8.00. The fourth-order valence-corrected chi connectivity index (χ4v) is 1.09. The van der Waals surface area contributed by atoms with Crippen LogP contribution in [0.1, 0.15) is 25.8 Å². The molecule has 67 valence electrons. The normalized spacial score (nSPS) is 10.3. The van der Waals surface area contributed by atoms with Gasteiger partial charge in [-0.2, -0.15) is 35.9 Å². The second kappa shape index (κ2) is 5.67. The maximum absolute atomic E-state index is 10.3. The third kappa shape index (κ3) is 3.70. The van der Waals surface area contributed by atoms with Crippen LogP contribution in [-0.2, 0) is 42.9 Å². The van der Waals surface area contributed by atoms with Crippen LogP contribution in [0.2, 0.25) is 0 Å². The maximum Gasteiger partial charge on any atom is 0 e. The van der Waals surface area contributed by atoms with Crippen LogP contribution in [0.15, 0.2) is 24.3 Å². The van der Waals surface area contributed by atoms with Crippen molar-refractivity contribution in [3.8, 4) is 0 Å². The summed E-state index contributed by atoms with van der Waals surface area (Å²) in [6.45, 7) is 4.04. The summed E-state index contributed by atoms with van der Waals surface area (Å²) in [5.74, 6) is 0. The average Bonchev–Trinajstić information content (AvgIpc) is 2.06. The summed E-state index contributed by atoms with van der Waals surface area (Å²) >= 11 is 0. The van der Waals surface area contributed by atoms with Gasteiger partial charge in [-0.25, -0.2) is 0 Å². The minimum atomic E-state index is -0.136. The van der Waals surface area contributed by atoms with Crippen molar-refractivity contribution in [2.45, 2.75) is 25.7 Å². The first-order valence-corrected chi connectivity index (χ1v) is 3.99. The predicted octanol–water partition coefficient (Wildman–Crippen LogP) is 2.26. The van der Waals surface area contributed by atoms with E-state index in [-0.39, 0.29) is 38.1 Å². The molecular weight excluding hydrogens is 237 g/mol. The molecule has 13 heavy (non-hydrogen) atoms. The quantitative estimate of drug-likeness (QED) is 0.751. The average molecular weight is 249 g/mol. The molecule has 0 saturated carbocycles. The third-order valence-electron chi connectivity index (χ3n) is 1.95. The Labute approximate surface area is 105 Å². The Kier molecular flexibility index (Phi) is 5.66. The van der Waals surface area contributed by atoms with E-state index in [9.17, 15) is 4.79 Å². The van der Waals surface area contributed by atoms with Crippen LogP contribution in [0.25, 0.3) is 0 Å². The van der Waals surface area contributed by atoms with E-state index in [1.165, 1.54) is 0 Å². The SMILES string of the molecule is CC(C)(C[C-]=O)c1[c-]cccc1.[Y]. The standard InChI is InChI=1S/C11H12O.Y/c1-11(2,8-9-12)10-6-4-3-5-7-10;/h3-6H,8H2,1-2H3;/q-2;. The molecule has 0 aliphatic rings. The van der Waals surface area contributed by atoms with Crippen LogP contribution in [0.3, 0.4) is 0 Å². The van der Waals surface area contributed by atoms with Crippen LogP contribution in [0.5, 0.6) is 0 Å². The maximum atomic E-state index is 10.3. The minimum Gasteiger partial charge on any atom is -0.542 e. The number of hydrogen-bond donors (Lipinski definition) is 0. The van der Waals surface area contributed by atoms with Crippen LogP contribution in [-0.4, -0.2) is 6.29 Å². The van der Waals surface area contributed by atoms with Crippen molar-refractivity contribution < 1.29 is 37.5 Å². The van der Waals surface area contributed by atoms with Crippen molar-refractivity contribution in [1.82, 2.24) is 0 Å². The molecule has 1 rings (SSSR count). The number of hydrogen-bond acceptors (Lipinski definition) is 1. The summed E-state index contributed by atoms with van der Waals surface area (Å²) in [7, 11) is 0. The molecule has 0 heterocycles. The Hall–Kier alpha value is -0.00610. The van der Waals surface area contributed by atoms with Gasteiger partial charge < -0.3 is 4.79 Å². The van der Waals surface area contributed by atoms with Crippen LogP contribution < -0.4 is 0 Å². The van der Waals surface area contributed by atoms with Crippen molar-refractivity contribution in [2.75, 3.05) is 0 Å². The van der Waals surface area contributed by atoms with Gasteiger partial charge in [0.1, 0.15) is 0 Å². The molecule has 0 bridgehead atoms. The zero-order chi connectivity index (χ0) is 9.03. The van der Waals surface area contributed by atoms with Crippen LogP contribution >= 0.6 is 0 Å². The summed E-state index contributed by atoms with van der Waals surface area (Å²) in [4.78, 5) is 10.3. The van der Waals surface area contributed by atoms with Crippen molar-refractivity contribution in [1.29, 1.82) is 0 Å². The molecule has 1 radical (unpaired) electrons. The van der Waals surface area contributed by atoms with Gasteiger partial charge >= 0.3 is 0 Å². The smallest absolute Gasteiger partial charge is 0 e. The summed E-state index contributed by atoms with van der Waals surface area (Å²) in [5, 5.41) is 0. The molecule has 0 N–H and O–H groups in total. The van der Waals surface area contributed by atoms with E-state index in [0.717, 1.165) is 5.56 Å². The second-order valence-corrected chi connectivity index (χ2v) is 3.48. The molecule has 0 aromatic heterocycles. The van der Waals surface area contributed by atoms with Crippen molar-refractivity contribution in [3.63, 3.8) is 0 Å². The summed E-state index contributed by atoms with van der Waals surface area (Å²) in [5.41, 5.74) is 0.927. The first-order chi connectivity index (χ1) is 5.67. The Morgan fingerprint density at radius 2 is 2.15 bits per heavy atom. The van der Waals surface area contributed by atoms with Gasteiger partial charge in [0.05, 0.1) is 0 Å². The van der Waals surface area contributed by atoms with E-state index in [1.807, 2.05) is 44.4 Å². The Morgan fingerprint density at radius 1 is 1.46 bits per heavy atom. The number of carbonyl (C=O) groups excluding carboxylic acids is 1. The monoisotopic (exact) mass is 249 g/mol. The predicted molar refractivity (Wildman–Crippen MR) is 48.6 cm³/mol. The summed E-state index contributed by atoms with van der Waals surface area (Å²) in [6, 6.07) is 10.8. The first kappa shape index (κ1) is 13.0. The van der Waals surface area contributed by atoms with Gasteiger partial charge in [-0.3, -0.25) is 6.29 Å². The number of rotatable bonds is 3. The van der Waals surface area contributed by atoms with E-state index >= 15 is 0 Å². The Bertz CT molecular complexity index is 254. The number of benzene rings is 1. The van der Waals surface area contributed by atoms with Gasteiger partial charge in [0.15, 0.2) is 0 Å². The zero-order valence-corrected chi connectivity index (χ0v) is 10.8. The molecule has 2 heteroatoms. The van der Waals surface area contributed by atoms with Crippen molar-refractivity contribution in [3.05, 3.63) is 35.9 Å². The van der Waals surface area contributed by atoms with Gasteiger partial charge in [0.25, 0.3) is 0 Å². The molecule has 0 amide bonds. The molecular formula is C11H12OY-2. The molecule has 0 spiro atoms. The second-order valence-electron chi connectivity index (χ2n) is 3.48.